The maximum Gasteiger partial charge on any atom is 0.336 e. The number of hydrogen-bond acceptors (Lipinski definition) is 9. The molecule has 0 aliphatic heterocycles. The highest BCUT2D eigenvalue weighted by Crippen LogP contribution is 2.30. The fourth-order valence-electron chi connectivity index (χ4n) is 3.64. The highest BCUT2D eigenvalue weighted by molar-refractivity contribution is 5.93. The number of benzene rings is 3. The van der Waals surface area contributed by atoms with E-state index in [2.05, 4.69) is 0 Å². The van der Waals surface area contributed by atoms with Crippen LogP contribution >= 0.6 is 0 Å². The number of carbonyl (C=O) groups excluding carboxylic acids is 3. The summed E-state index contributed by atoms with van der Waals surface area (Å²) in [6.45, 7) is 2.55. The van der Waals surface area contributed by atoms with Gasteiger partial charge in [-0.15, -0.1) is 0 Å². The molecule has 3 rings (SSSR count). The molecule has 0 atom stereocenters. The lowest BCUT2D eigenvalue weighted by atomic mass is 10.0. The lowest BCUT2D eigenvalue weighted by Gasteiger charge is -2.09. The Morgan fingerprint density at radius 1 is 0.707 bits per heavy atom. The number of esters is 3. The summed E-state index contributed by atoms with van der Waals surface area (Å²) in [6, 6.07) is 16.0. The molecule has 0 aliphatic rings. The Kier molecular flexibility index (Phi) is 10.4. The zero-order valence-corrected chi connectivity index (χ0v) is 22.8. The van der Waals surface area contributed by atoms with E-state index >= 15 is 0 Å². The van der Waals surface area contributed by atoms with Crippen LogP contribution in [0.25, 0.3) is 12.2 Å². The third-order valence-corrected chi connectivity index (χ3v) is 5.45. The molecule has 0 aliphatic carbocycles. The normalized spacial score (nSPS) is 11.1. The third kappa shape index (κ3) is 9.10. The van der Waals surface area contributed by atoms with E-state index in [9.17, 15) is 24.3 Å². The molecule has 1 N–H and O–H groups in total. The lowest BCUT2D eigenvalue weighted by molar-refractivity contribution is -0.133. The van der Waals surface area contributed by atoms with Crippen LogP contribution in [0.4, 0.5) is 0 Å². The van der Waals surface area contributed by atoms with Gasteiger partial charge in [0.2, 0.25) is 0 Å². The van der Waals surface area contributed by atoms with Crippen LogP contribution < -0.4 is 23.7 Å². The second kappa shape index (κ2) is 14.1. The molecule has 212 valence electrons. The van der Waals surface area contributed by atoms with Crippen LogP contribution in [0, 0.1) is 0 Å². The first-order chi connectivity index (χ1) is 19.6. The Balaban J connectivity index is 1.67. The van der Waals surface area contributed by atoms with Gasteiger partial charge in [0.25, 0.3) is 0 Å². The van der Waals surface area contributed by atoms with E-state index in [0.717, 1.165) is 0 Å². The number of carboxylic acid groups (broad SMARTS) is 1. The maximum absolute atomic E-state index is 12.3. The van der Waals surface area contributed by atoms with E-state index in [1.807, 2.05) is 0 Å². The van der Waals surface area contributed by atoms with Gasteiger partial charge in [-0.1, -0.05) is 24.3 Å². The number of methoxy groups -OCH3 is 2. The second-order valence-corrected chi connectivity index (χ2v) is 8.56. The number of ether oxygens (including phenoxy) is 5. The summed E-state index contributed by atoms with van der Waals surface area (Å²) in [5.41, 5.74) is 1.95. The van der Waals surface area contributed by atoms with Crippen molar-refractivity contribution in [3.05, 3.63) is 89.0 Å². The van der Waals surface area contributed by atoms with Gasteiger partial charge in [0.05, 0.1) is 14.2 Å². The van der Waals surface area contributed by atoms with E-state index in [-0.39, 0.29) is 35.0 Å². The fourth-order valence-corrected chi connectivity index (χ4v) is 3.64. The average Bonchev–Trinajstić information content (AvgIpc) is 2.93. The van der Waals surface area contributed by atoms with Crippen LogP contribution in [0.1, 0.15) is 30.5 Å². The van der Waals surface area contributed by atoms with Crippen LogP contribution in [-0.2, 0) is 25.6 Å². The van der Waals surface area contributed by atoms with Crippen molar-refractivity contribution in [1.82, 2.24) is 0 Å². The molecule has 0 radical (unpaired) electrons. The minimum atomic E-state index is -1.11. The molecule has 0 saturated heterocycles. The summed E-state index contributed by atoms with van der Waals surface area (Å²) in [5.74, 6) is -1.33. The summed E-state index contributed by atoms with van der Waals surface area (Å²) in [6.07, 6.45) is 4.35. The van der Waals surface area contributed by atoms with Crippen molar-refractivity contribution in [2.75, 3.05) is 14.2 Å². The lowest BCUT2D eigenvalue weighted by Crippen LogP contribution is -2.06. The molecular weight excluding hydrogens is 532 g/mol. The van der Waals surface area contributed by atoms with Gasteiger partial charge < -0.3 is 28.8 Å². The van der Waals surface area contributed by atoms with Crippen LogP contribution in [0.15, 0.2) is 72.3 Å². The number of rotatable bonds is 11. The van der Waals surface area contributed by atoms with Gasteiger partial charge in [0.1, 0.15) is 5.75 Å². The predicted molar refractivity (Wildman–Crippen MR) is 149 cm³/mol. The first kappa shape index (κ1) is 30.2. The first-order valence-corrected chi connectivity index (χ1v) is 12.2. The van der Waals surface area contributed by atoms with Gasteiger partial charge in [-0.25, -0.2) is 9.59 Å². The molecule has 0 amide bonds. The topological polar surface area (TPSA) is 135 Å². The van der Waals surface area contributed by atoms with Gasteiger partial charge in [0.15, 0.2) is 23.0 Å². The molecule has 0 bridgehead atoms. The highest BCUT2D eigenvalue weighted by Gasteiger charge is 2.13. The molecule has 0 fully saturated rings. The van der Waals surface area contributed by atoms with Gasteiger partial charge in [-0.2, -0.15) is 0 Å². The second-order valence-electron chi connectivity index (χ2n) is 8.56. The minimum Gasteiger partial charge on any atom is -0.493 e. The van der Waals surface area contributed by atoms with E-state index in [4.69, 9.17) is 23.7 Å². The summed E-state index contributed by atoms with van der Waals surface area (Å²) in [4.78, 5) is 46.7. The number of hydrogen-bond donors (Lipinski definition) is 1. The fraction of sp³-hybridized carbons (Fsp3) is 0.161. The molecule has 0 spiro atoms. The molecule has 3 aromatic carbocycles. The van der Waals surface area contributed by atoms with Gasteiger partial charge in [0, 0.05) is 31.9 Å². The summed E-state index contributed by atoms with van der Waals surface area (Å²) < 4.78 is 25.9. The molecule has 0 aromatic heterocycles. The molecule has 41 heavy (non-hydrogen) atoms. The van der Waals surface area contributed by atoms with Crippen molar-refractivity contribution >= 4 is 36.0 Å². The van der Waals surface area contributed by atoms with Crippen molar-refractivity contribution < 1.29 is 48.0 Å². The first-order valence-electron chi connectivity index (χ1n) is 12.2. The maximum atomic E-state index is 12.3. The molecule has 10 heteroatoms. The molecule has 0 unspecified atom stereocenters. The Hall–Kier alpha value is -5.38. The quantitative estimate of drug-likeness (QED) is 0.196. The zero-order valence-electron chi connectivity index (χ0n) is 22.8. The monoisotopic (exact) mass is 560 g/mol. The Labute approximate surface area is 236 Å². The molecular formula is C31H28O10. The summed E-state index contributed by atoms with van der Waals surface area (Å²) >= 11 is 0. The largest absolute Gasteiger partial charge is 0.493 e. The van der Waals surface area contributed by atoms with Crippen LogP contribution in [0.3, 0.4) is 0 Å². The van der Waals surface area contributed by atoms with Crippen LogP contribution in [-0.4, -0.2) is 43.2 Å². The third-order valence-electron chi connectivity index (χ3n) is 5.45. The van der Waals surface area contributed by atoms with Crippen molar-refractivity contribution in [1.29, 1.82) is 0 Å². The van der Waals surface area contributed by atoms with E-state index in [1.165, 1.54) is 52.4 Å². The Morgan fingerprint density at radius 3 is 1.76 bits per heavy atom. The van der Waals surface area contributed by atoms with Gasteiger partial charge in [-0.05, 0) is 65.2 Å². The van der Waals surface area contributed by atoms with E-state index in [0.29, 0.717) is 22.4 Å². The average molecular weight is 561 g/mol. The zero-order chi connectivity index (χ0) is 29.9. The summed E-state index contributed by atoms with van der Waals surface area (Å²) in [5, 5.41) is 9.73. The van der Waals surface area contributed by atoms with Crippen LogP contribution in [0.5, 0.6) is 28.7 Å². The number of carbonyl (C=O) groups is 4. The molecule has 0 saturated carbocycles. The smallest absolute Gasteiger partial charge is 0.336 e. The summed E-state index contributed by atoms with van der Waals surface area (Å²) in [7, 11) is 2.85. The SMILES string of the molecule is COc1cc(/C=C/C(=O)Oc2ccc(C/C(=C\c3ccc(OC(C)=O)c(OC)c3)C(=O)O)cc2)ccc1OC(C)=O. The molecule has 3 aromatic rings. The molecule has 10 nitrogen and oxygen atoms in total. The highest BCUT2D eigenvalue weighted by atomic mass is 16.6. The predicted octanol–water partition coefficient (Wildman–Crippen LogP) is 4.88. The number of aliphatic carboxylic acids is 1. The Morgan fingerprint density at radius 2 is 1.24 bits per heavy atom. The van der Waals surface area contributed by atoms with Gasteiger partial charge in [-0.3, -0.25) is 9.59 Å². The standard InChI is InChI=1S/C31H28O10/c1-19(32)39-26-12-7-22(17-28(26)37-3)9-14-30(34)41-25-10-5-21(6-11-25)15-24(31(35)36)16-23-8-13-27(40-20(2)33)29(18-23)38-4/h5-14,16-18H,15H2,1-4H3,(H,35,36)/b14-9+,24-16+. The minimum absolute atomic E-state index is 0.0998. The van der Waals surface area contributed by atoms with Crippen molar-refractivity contribution in [3.63, 3.8) is 0 Å². The van der Waals surface area contributed by atoms with E-state index < -0.39 is 23.9 Å². The van der Waals surface area contributed by atoms with E-state index in [1.54, 1.807) is 54.6 Å². The van der Waals surface area contributed by atoms with Crippen molar-refractivity contribution in [3.8, 4) is 28.7 Å². The molecule has 0 heterocycles. The Bertz CT molecular complexity index is 1500. The van der Waals surface area contributed by atoms with Gasteiger partial charge >= 0.3 is 23.9 Å². The van der Waals surface area contributed by atoms with Crippen LogP contribution in [0.2, 0.25) is 0 Å². The van der Waals surface area contributed by atoms with Crippen molar-refractivity contribution in [2.24, 2.45) is 0 Å². The van der Waals surface area contributed by atoms with Crippen molar-refractivity contribution in [2.45, 2.75) is 20.3 Å². The number of carboxylic acids is 1.